The van der Waals surface area contributed by atoms with Crippen molar-refractivity contribution >= 4 is 29.1 Å². The van der Waals surface area contributed by atoms with E-state index in [0.29, 0.717) is 40.2 Å². The van der Waals surface area contributed by atoms with Crippen LogP contribution in [-0.4, -0.2) is 27.6 Å². The van der Waals surface area contributed by atoms with Gasteiger partial charge in [0.05, 0.1) is 11.5 Å². The number of thioether (sulfide) groups is 1. The third kappa shape index (κ3) is 5.33. The summed E-state index contributed by atoms with van der Waals surface area (Å²) in [7, 11) is 0. The highest BCUT2D eigenvalue weighted by molar-refractivity contribution is 7.99. The van der Waals surface area contributed by atoms with Crippen LogP contribution in [0.25, 0.3) is 23.0 Å². The van der Waals surface area contributed by atoms with Crippen LogP contribution in [0.4, 0.5) is 5.69 Å². The van der Waals surface area contributed by atoms with E-state index in [1.807, 2.05) is 37.3 Å². The zero-order valence-electron chi connectivity index (χ0n) is 17.6. The number of anilines is 1. The maximum Gasteiger partial charge on any atom is 0.293 e. The molecule has 0 unspecified atom stereocenters. The fourth-order valence-electron chi connectivity index (χ4n) is 2.94. The lowest BCUT2D eigenvalue weighted by Gasteiger charge is -2.05. The van der Waals surface area contributed by atoms with Gasteiger partial charge in [-0.1, -0.05) is 35.0 Å². The van der Waals surface area contributed by atoms with Gasteiger partial charge in [-0.15, -0.1) is 11.8 Å². The van der Waals surface area contributed by atoms with E-state index in [-0.39, 0.29) is 17.4 Å². The number of benzene rings is 2. The van der Waals surface area contributed by atoms with E-state index in [4.69, 9.17) is 8.94 Å². The van der Waals surface area contributed by atoms with Gasteiger partial charge in [0.15, 0.2) is 11.5 Å². The Labute approximate surface area is 189 Å². The highest BCUT2D eigenvalue weighted by Gasteiger charge is 2.14. The second-order valence-electron chi connectivity index (χ2n) is 7.23. The molecule has 0 atom stereocenters. The topological polar surface area (TPSA) is 98.2 Å². The lowest BCUT2D eigenvalue weighted by molar-refractivity contribution is -0.113. The number of carbonyl (C=O) groups is 2. The molecular formula is C24H21N3O4S. The molecule has 32 heavy (non-hydrogen) atoms. The minimum Gasteiger partial charge on any atom is -0.455 e. The van der Waals surface area contributed by atoms with Crippen LogP contribution in [-0.2, 0) is 10.5 Å². The molecule has 0 aliphatic carbocycles. The first-order chi connectivity index (χ1) is 15.5. The van der Waals surface area contributed by atoms with Gasteiger partial charge in [0, 0.05) is 16.8 Å². The van der Waals surface area contributed by atoms with E-state index >= 15 is 0 Å². The van der Waals surface area contributed by atoms with E-state index in [1.165, 1.54) is 18.7 Å². The van der Waals surface area contributed by atoms with Crippen LogP contribution in [0.2, 0.25) is 0 Å². The number of carbonyl (C=O) groups excluding carboxylic acids is 2. The second kappa shape index (κ2) is 9.65. The minimum atomic E-state index is -0.128. The van der Waals surface area contributed by atoms with E-state index in [2.05, 4.69) is 15.5 Å². The maximum atomic E-state index is 12.1. The summed E-state index contributed by atoms with van der Waals surface area (Å²) in [6.07, 6.45) is 0. The van der Waals surface area contributed by atoms with E-state index < -0.39 is 0 Å². The first-order valence-electron chi connectivity index (χ1n) is 9.96. The molecule has 1 amide bonds. The average Bonchev–Trinajstić information content (AvgIpc) is 3.44. The molecule has 4 aromatic rings. The molecule has 2 aromatic heterocycles. The van der Waals surface area contributed by atoms with Crippen molar-refractivity contribution in [3.05, 3.63) is 77.6 Å². The number of aryl methyl sites for hydroxylation is 1. The predicted molar refractivity (Wildman–Crippen MR) is 123 cm³/mol. The molecule has 0 spiro atoms. The Bertz CT molecular complexity index is 1230. The molecule has 2 heterocycles. The van der Waals surface area contributed by atoms with Gasteiger partial charge in [-0.05, 0) is 50.2 Å². The van der Waals surface area contributed by atoms with Crippen molar-refractivity contribution in [2.75, 3.05) is 11.1 Å². The Morgan fingerprint density at radius 3 is 2.47 bits per heavy atom. The predicted octanol–water partition coefficient (Wildman–Crippen LogP) is 5.38. The van der Waals surface area contributed by atoms with Gasteiger partial charge in [-0.3, -0.25) is 9.59 Å². The van der Waals surface area contributed by atoms with Gasteiger partial charge in [-0.25, -0.2) is 0 Å². The second-order valence-corrected chi connectivity index (χ2v) is 8.22. The Hall–Kier alpha value is -3.65. The number of nitrogens with zero attached hydrogens (tertiary/aromatic N) is 2. The van der Waals surface area contributed by atoms with Crippen molar-refractivity contribution in [1.82, 2.24) is 10.1 Å². The lowest BCUT2D eigenvalue weighted by Crippen LogP contribution is -2.14. The van der Waals surface area contributed by atoms with Gasteiger partial charge >= 0.3 is 0 Å². The van der Waals surface area contributed by atoms with Crippen molar-refractivity contribution < 1.29 is 18.5 Å². The summed E-state index contributed by atoms with van der Waals surface area (Å²) in [5.74, 6) is 2.65. The minimum absolute atomic E-state index is 0.0110. The summed E-state index contributed by atoms with van der Waals surface area (Å²) in [6, 6.07) is 18.3. The van der Waals surface area contributed by atoms with Gasteiger partial charge in [-0.2, -0.15) is 4.98 Å². The van der Waals surface area contributed by atoms with Crippen LogP contribution in [0, 0.1) is 6.92 Å². The fraction of sp³-hybridized carbons (Fsp3) is 0.167. The number of ketones is 1. The van der Waals surface area contributed by atoms with Gasteiger partial charge < -0.3 is 14.3 Å². The van der Waals surface area contributed by atoms with Gasteiger partial charge in [0.25, 0.3) is 5.89 Å². The van der Waals surface area contributed by atoms with Crippen LogP contribution in [0.15, 0.2) is 69.6 Å². The zero-order chi connectivity index (χ0) is 22.5. The van der Waals surface area contributed by atoms with E-state index in [1.54, 1.807) is 30.3 Å². The number of furan rings is 1. The van der Waals surface area contributed by atoms with Crippen LogP contribution >= 0.6 is 11.8 Å². The fourth-order valence-corrected chi connectivity index (χ4v) is 3.66. The smallest absolute Gasteiger partial charge is 0.293 e. The third-order valence-corrected chi connectivity index (χ3v) is 5.62. The van der Waals surface area contributed by atoms with Crippen LogP contribution in [0.1, 0.15) is 28.6 Å². The first-order valence-corrected chi connectivity index (χ1v) is 11.1. The van der Waals surface area contributed by atoms with E-state index in [9.17, 15) is 9.59 Å². The SMILES string of the molecule is CC(=O)c1ccc(NC(=O)CSCc2ccc(-c3nc(-c4ccc(C)cc4)no3)o2)cc1. The van der Waals surface area contributed by atoms with Crippen LogP contribution in [0.5, 0.6) is 0 Å². The monoisotopic (exact) mass is 447 g/mol. The Kier molecular flexibility index (Phi) is 6.51. The van der Waals surface area contributed by atoms with Crippen molar-refractivity contribution in [2.24, 2.45) is 0 Å². The molecule has 4 rings (SSSR count). The molecule has 0 fully saturated rings. The largest absolute Gasteiger partial charge is 0.455 e. The molecule has 0 radical (unpaired) electrons. The van der Waals surface area contributed by atoms with Crippen molar-refractivity contribution in [3.8, 4) is 23.0 Å². The average molecular weight is 448 g/mol. The highest BCUT2D eigenvalue weighted by Crippen LogP contribution is 2.26. The molecule has 0 bridgehead atoms. The van der Waals surface area contributed by atoms with Crippen molar-refractivity contribution in [3.63, 3.8) is 0 Å². The van der Waals surface area contributed by atoms with Gasteiger partial charge in [0.2, 0.25) is 11.7 Å². The number of Topliss-reactive ketones (excluding diaryl/α,β-unsaturated/α-hetero) is 1. The number of nitrogens with one attached hydrogen (secondary N) is 1. The standard InChI is InChI=1S/C24H21N3O4S/c1-15-3-5-18(6-4-15)23-26-24(31-27-23)21-12-11-20(30-21)13-32-14-22(29)25-19-9-7-17(8-10-19)16(2)28/h3-12H,13-14H2,1-2H3,(H,25,29). The summed E-state index contributed by atoms with van der Waals surface area (Å²) in [5.41, 5.74) is 3.29. The van der Waals surface area contributed by atoms with Crippen LogP contribution in [0.3, 0.4) is 0 Å². The maximum absolute atomic E-state index is 12.1. The molecule has 7 nitrogen and oxygen atoms in total. The number of aromatic nitrogens is 2. The molecular weight excluding hydrogens is 426 g/mol. The Balaban J connectivity index is 1.28. The number of amides is 1. The summed E-state index contributed by atoms with van der Waals surface area (Å²) >= 11 is 1.43. The molecule has 162 valence electrons. The van der Waals surface area contributed by atoms with Crippen molar-refractivity contribution in [1.29, 1.82) is 0 Å². The lowest BCUT2D eigenvalue weighted by atomic mass is 10.1. The van der Waals surface area contributed by atoms with Crippen molar-refractivity contribution in [2.45, 2.75) is 19.6 Å². The summed E-state index contributed by atoms with van der Waals surface area (Å²) < 4.78 is 11.1. The first kappa shape index (κ1) is 21.6. The molecule has 0 saturated heterocycles. The Morgan fingerprint density at radius 2 is 1.75 bits per heavy atom. The molecule has 2 aromatic carbocycles. The molecule has 0 saturated carbocycles. The molecule has 8 heteroatoms. The summed E-state index contributed by atoms with van der Waals surface area (Å²) in [4.78, 5) is 27.9. The normalized spacial score (nSPS) is 10.8. The zero-order valence-corrected chi connectivity index (χ0v) is 18.4. The number of hydrogen-bond donors (Lipinski definition) is 1. The van der Waals surface area contributed by atoms with Gasteiger partial charge in [0.1, 0.15) is 5.76 Å². The number of rotatable bonds is 8. The molecule has 0 aliphatic heterocycles. The molecule has 0 aliphatic rings. The summed E-state index contributed by atoms with van der Waals surface area (Å²) in [5, 5.41) is 6.83. The third-order valence-electron chi connectivity index (χ3n) is 4.66. The molecule has 1 N–H and O–H groups in total. The summed E-state index contributed by atoms with van der Waals surface area (Å²) in [6.45, 7) is 3.52. The van der Waals surface area contributed by atoms with Crippen LogP contribution < -0.4 is 5.32 Å². The quantitative estimate of drug-likeness (QED) is 0.362. The van der Waals surface area contributed by atoms with E-state index in [0.717, 1.165) is 11.1 Å². The highest BCUT2D eigenvalue weighted by atomic mass is 32.2. The number of hydrogen-bond acceptors (Lipinski definition) is 7. The Morgan fingerprint density at radius 1 is 1.00 bits per heavy atom.